The van der Waals surface area contributed by atoms with Crippen LogP contribution in [0.25, 0.3) is 0 Å². The number of phenols is 1. The Morgan fingerprint density at radius 3 is 2.56 bits per heavy atom. The van der Waals surface area contributed by atoms with Gasteiger partial charge in [0.2, 0.25) is 0 Å². The molecule has 1 saturated heterocycles. The minimum atomic E-state index is -0.134. The van der Waals surface area contributed by atoms with E-state index in [1.807, 2.05) is 0 Å². The van der Waals surface area contributed by atoms with Crippen LogP contribution in [0.4, 0.5) is 0 Å². The Labute approximate surface area is 112 Å². The summed E-state index contributed by atoms with van der Waals surface area (Å²) in [5, 5.41) is 10.2. The van der Waals surface area contributed by atoms with Crippen LogP contribution < -0.4 is 0 Å². The Balaban J connectivity index is 2.15. The van der Waals surface area contributed by atoms with E-state index in [2.05, 4.69) is 13.8 Å². The molecule has 2 rings (SSSR count). The number of piperidine rings is 1. The Morgan fingerprint density at radius 1 is 1.33 bits per heavy atom. The van der Waals surface area contributed by atoms with Crippen LogP contribution in [0.2, 0.25) is 5.02 Å². The van der Waals surface area contributed by atoms with Crippen LogP contribution in [0, 0.1) is 5.41 Å². The van der Waals surface area contributed by atoms with Gasteiger partial charge in [-0.3, -0.25) is 4.79 Å². The Morgan fingerprint density at radius 2 is 1.94 bits per heavy atom. The number of likely N-dealkylation sites (tertiary alicyclic amines) is 1. The number of halogens is 1. The van der Waals surface area contributed by atoms with Gasteiger partial charge in [0.15, 0.2) is 0 Å². The third-order valence-electron chi connectivity index (χ3n) is 3.59. The predicted molar refractivity (Wildman–Crippen MR) is 72.0 cm³/mol. The number of rotatable bonds is 1. The van der Waals surface area contributed by atoms with Gasteiger partial charge in [0.1, 0.15) is 5.75 Å². The van der Waals surface area contributed by atoms with Crippen LogP contribution in [-0.2, 0) is 0 Å². The van der Waals surface area contributed by atoms with Crippen LogP contribution >= 0.6 is 11.6 Å². The molecule has 1 aromatic carbocycles. The lowest BCUT2D eigenvalue weighted by atomic mass is 9.82. The summed E-state index contributed by atoms with van der Waals surface area (Å²) >= 11 is 5.86. The molecule has 1 aliphatic rings. The topological polar surface area (TPSA) is 40.5 Å². The maximum atomic E-state index is 12.3. The van der Waals surface area contributed by atoms with Gasteiger partial charge >= 0.3 is 0 Å². The molecule has 0 radical (unpaired) electrons. The van der Waals surface area contributed by atoms with Crippen molar-refractivity contribution in [2.45, 2.75) is 26.7 Å². The lowest BCUT2D eigenvalue weighted by Gasteiger charge is -2.37. The first-order valence-electron chi connectivity index (χ1n) is 6.17. The minimum Gasteiger partial charge on any atom is -0.507 e. The molecule has 18 heavy (non-hydrogen) atoms. The highest BCUT2D eigenvalue weighted by Crippen LogP contribution is 2.31. The third kappa shape index (κ3) is 2.78. The van der Waals surface area contributed by atoms with Gasteiger partial charge in [-0.2, -0.15) is 0 Å². The van der Waals surface area contributed by atoms with Gasteiger partial charge in [-0.1, -0.05) is 25.4 Å². The molecule has 0 spiro atoms. The van der Waals surface area contributed by atoms with Gasteiger partial charge in [0, 0.05) is 18.1 Å². The number of amides is 1. The molecule has 0 atom stereocenters. The largest absolute Gasteiger partial charge is 0.507 e. The molecule has 4 heteroatoms. The van der Waals surface area contributed by atoms with E-state index in [4.69, 9.17) is 11.6 Å². The summed E-state index contributed by atoms with van der Waals surface area (Å²) in [6.45, 7) is 5.90. The highest BCUT2D eigenvalue weighted by atomic mass is 35.5. The molecule has 1 aromatic rings. The van der Waals surface area contributed by atoms with Crippen molar-refractivity contribution >= 4 is 17.5 Å². The first kappa shape index (κ1) is 13.2. The fourth-order valence-corrected chi connectivity index (χ4v) is 2.34. The quantitative estimate of drug-likeness (QED) is 0.848. The van der Waals surface area contributed by atoms with Crippen molar-refractivity contribution < 1.29 is 9.90 Å². The number of carbonyl (C=O) groups excluding carboxylic acids is 1. The normalized spacial score (nSPS) is 18.7. The second-order valence-corrected chi connectivity index (χ2v) is 6.05. The van der Waals surface area contributed by atoms with Gasteiger partial charge in [0.25, 0.3) is 5.91 Å². The molecular weight excluding hydrogens is 250 g/mol. The zero-order chi connectivity index (χ0) is 13.3. The molecular formula is C14H18ClNO2. The van der Waals surface area contributed by atoms with Crippen molar-refractivity contribution in [1.82, 2.24) is 4.90 Å². The average Bonchev–Trinajstić information content (AvgIpc) is 2.31. The molecule has 1 fully saturated rings. The summed E-state index contributed by atoms with van der Waals surface area (Å²) in [4.78, 5) is 14.1. The van der Waals surface area contributed by atoms with Crippen LogP contribution in [0.1, 0.15) is 37.0 Å². The van der Waals surface area contributed by atoms with Crippen molar-refractivity contribution in [2.24, 2.45) is 5.41 Å². The Kier molecular flexibility index (Phi) is 3.53. The molecule has 1 aliphatic heterocycles. The number of phenolic OH excluding ortho intramolecular Hbond substituents is 1. The number of hydrogen-bond acceptors (Lipinski definition) is 2. The maximum Gasteiger partial charge on any atom is 0.257 e. The summed E-state index contributed by atoms with van der Waals surface area (Å²) in [6, 6.07) is 4.56. The first-order valence-corrected chi connectivity index (χ1v) is 6.55. The molecule has 0 aliphatic carbocycles. The summed E-state index contributed by atoms with van der Waals surface area (Å²) < 4.78 is 0. The van der Waals surface area contributed by atoms with Crippen molar-refractivity contribution in [3.05, 3.63) is 28.8 Å². The molecule has 3 nitrogen and oxygen atoms in total. The van der Waals surface area contributed by atoms with Crippen LogP contribution in [0.15, 0.2) is 18.2 Å². The van der Waals surface area contributed by atoms with E-state index in [0.29, 0.717) is 16.0 Å². The summed E-state index contributed by atoms with van der Waals surface area (Å²) in [6.07, 6.45) is 1.97. The SMILES string of the molecule is CC1(C)CCN(C(=O)c2cc(Cl)ccc2O)CC1. The summed E-state index contributed by atoms with van der Waals surface area (Å²) in [7, 11) is 0. The fourth-order valence-electron chi connectivity index (χ4n) is 2.17. The summed E-state index contributed by atoms with van der Waals surface area (Å²) in [5.74, 6) is -0.139. The fraction of sp³-hybridized carbons (Fsp3) is 0.500. The third-order valence-corrected chi connectivity index (χ3v) is 3.83. The number of carbonyl (C=O) groups is 1. The van der Waals surface area contributed by atoms with Crippen molar-refractivity contribution in [3.8, 4) is 5.75 Å². The molecule has 0 unspecified atom stereocenters. The van der Waals surface area contributed by atoms with E-state index in [1.165, 1.54) is 12.1 Å². The zero-order valence-electron chi connectivity index (χ0n) is 10.7. The zero-order valence-corrected chi connectivity index (χ0v) is 11.5. The lowest BCUT2D eigenvalue weighted by molar-refractivity contribution is 0.0627. The molecule has 0 saturated carbocycles. The van der Waals surface area contributed by atoms with E-state index in [0.717, 1.165) is 25.9 Å². The molecule has 98 valence electrons. The van der Waals surface area contributed by atoms with Crippen LogP contribution in [0.3, 0.4) is 0 Å². The number of hydrogen-bond donors (Lipinski definition) is 1. The van der Waals surface area contributed by atoms with E-state index in [1.54, 1.807) is 11.0 Å². The lowest BCUT2D eigenvalue weighted by Crippen LogP contribution is -2.41. The Bertz CT molecular complexity index is 461. The van der Waals surface area contributed by atoms with Gasteiger partial charge in [0.05, 0.1) is 5.56 Å². The van der Waals surface area contributed by atoms with E-state index < -0.39 is 0 Å². The van der Waals surface area contributed by atoms with Gasteiger partial charge in [-0.15, -0.1) is 0 Å². The number of aromatic hydroxyl groups is 1. The monoisotopic (exact) mass is 267 g/mol. The summed E-state index contributed by atoms with van der Waals surface area (Å²) in [5.41, 5.74) is 0.592. The molecule has 1 N–H and O–H groups in total. The van der Waals surface area contributed by atoms with Crippen molar-refractivity contribution in [1.29, 1.82) is 0 Å². The molecule has 0 aromatic heterocycles. The smallest absolute Gasteiger partial charge is 0.257 e. The van der Waals surface area contributed by atoms with Crippen LogP contribution in [-0.4, -0.2) is 29.0 Å². The van der Waals surface area contributed by atoms with Crippen molar-refractivity contribution in [2.75, 3.05) is 13.1 Å². The maximum absolute atomic E-state index is 12.3. The number of benzene rings is 1. The van der Waals surface area contributed by atoms with Crippen molar-refractivity contribution in [3.63, 3.8) is 0 Å². The van der Waals surface area contributed by atoms with E-state index in [-0.39, 0.29) is 11.7 Å². The molecule has 1 heterocycles. The predicted octanol–water partition coefficient (Wildman–Crippen LogP) is 3.31. The van der Waals surface area contributed by atoms with Gasteiger partial charge < -0.3 is 10.0 Å². The highest BCUT2D eigenvalue weighted by molar-refractivity contribution is 6.31. The molecule has 0 bridgehead atoms. The van der Waals surface area contributed by atoms with E-state index >= 15 is 0 Å². The second-order valence-electron chi connectivity index (χ2n) is 5.62. The second kappa shape index (κ2) is 4.81. The number of nitrogens with zero attached hydrogens (tertiary/aromatic N) is 1. The molecule has 1 amide bonds. The van der Waals surface area contributed by atoms with Crippen LogP contribution in [0.5, 0.6) is 5.75 Å². The average molecular weight is 268 g/mol. The van der Waals surface area contributed by atoms with Gasteiger partial charge in [-0.05, 0) is 36.5 Å². The van der Waals surface area contributed by atoms with E-state index in [9.17, 15) is 9.90 Å². The Hall–Kier alpha value is -1.22. The standard InChI is InChI=1S/C14H18ClNO2/c1-14(2)5-7-16(8-6-14)13(18)11-9-10(15)3-4-12(11)17/h3-4,9,17H,5-8H2,1-2H3. The first-order chi connectivity index (χ1) is 8.39. The van der Waals surface area contributed by atoms with Gasteiger partial charge in [-0.25, -0.2) is 0 Å². The minimum absolute atomic E-state index is 0.00534. The highest BCUT2D eigenvalue weighted by Gasteiger charge is 2.29.